The van der Waals surface area contributed by atoms with Gasteiger partial charge < -0.3 is 9.64 Å². The molecule has 0 amide bonds. The monoisotopic (exact) mass is 509 g/mol. The summed E-state index contributed by atoms with van der Waals surface area (Å²) in [5, 5.41) is 5.84. The number of benzene rings is 1. The lowest BCUT2D eigenvalue weighted by Gasteiger charge is -2.38. The van der Waals surface area contributed by atoms with Gasteiger partial charge in [0.25, 0.3) is 0 Å². The van der Waals surface area contributed by atoms with E-state index in [4.69, 9.17) is 4.74 Å². The van der Waals surface area contributed by atoms with Gasteiger partial charge in [-0.1, -0.05) is 0 Å². The fourth-order valence-electron chi connectivity index (χ4n) is 5.29. The number of alkyl halides is 3. The molecule has 1 aliphatic heterocycles. The molecule has 2 bridgehead atoms. The molecule has 3 atom stereocenters. The number of nitrogens with zero attached hydrogens (tertiary/aromatic N) is 5. The number of aryl methyl sites for hydroxylation is 1. The molecule has 3 heterocycles. The minimum atomic E-state index is -4.81. The van der Waals surface area contributed by atoms with E-state index in [-0.39, 0.29) is 17.8 Å². The number of anilines is 1. The van der Waals surface area contributed by atoms with E-state index in [0.29, 0.717) is 36.1 Å². The van der Waals surface area contributed by atoms with Crippen molar-refractivity contribution in [2.24, 2.45) is 17.8 Å². The first-order chi connectivity index (χ1) is 16.6. The fraction of sp³-hybridized carbons (Fsp3) is 0.542. The van der Waals surface area contributed by atoms with E-state index in [2.05, 4.69) is 25.4 Å². The number of piperidine rings is 1. The van der Waals surface area contributed by atoms with E-state index in [1.165, 1.54) is 11.1 Å². The Morgan fingerprint density at radius 3 is 2.46 bits per heavy atom. The van der Waals surface area contributed by atoms with Gasteiger partial charge >= 0.3 is 12.2 Å². The number of rotatable bonds is 6. The predicted octanol–water partition coefficient (Wildman–Crippen LogP) is 6.28. The largest absolute Gasteiger partial charge is 0.424 e. The van der Waals surface area contributed by atoms with Crippen LogP contribution in [0.25, 0.3) is 0 Å². The Labute approximate surface area is 205 Å². The van der Waals surface area contributed by atoms with Gasteiger partial charge in [0, 0.05) is 19.5 Å². The standard InChI is InChI=1S/C24H27F4N5OS/c1-13(2)33-23(34-17-6-7-20(25)19(9-17)24(26,27)28)29-21(30-33)10-18-15-4-5-16(18)12-32(11-15)22-8-14(3)31-35-22/h6-9,13,15-16,18H,4-5,10-12H2,1-3H3/t15-,16+,18?. The van der Waals surface area contributed by atoms with Gasteiger partial charge in [0.2, 0.25) is 0 Å². The van der Waals surface area contributed by atoms with E-state index >= 15 is 0 Å². The minimum Gasteiger partial charge on any atom is -0.424 e. The second-order valence-corrected chi connectivity index (χ2v) is 10.6. The van der Waals surface area contributed by atoms with E-state index in [1.54, 1.807) is 16.2 Å². The Balaban J connectivity index is 1.34. The number of halogens is 4. The second kappa shape index (κ2) is 9.07. The van der Waals surface area contributed by atoms with Crippen LogP contribution in [-0.4, -0.2) is 32.2 Å². The van der Waals surface area contributed by atoms with Crippen LogP contribution in [0.15, 0.2) is 24.3 Å². The van der Waals surface area contributed by atoms with Crippen molar-refractivity contribution in [3.8, 4) is 11.8 Å². The zero-order chi connectivity index (χ0) is 24.9. The van der Waals surface area contributed by atoms with Crippen molar-refractivity contribution in [3.63, 3.8) is 0 Å². The summed E-state index contributed by atoms with van der Waals surface area (Å²) < 4.78 is 64.7. The van der Waals surface area contributed by atoms with Gasteiger partial charge in [0.15, 0.2) is 5.82 Å². The van der Waals surface area contributed by atoms with Crippen LogP contribution in [0.1, 0.15) is 49.8 Å². The second-order valence-electron chi connectivity index (χ2n) is 9.77. The lowest BCUT2D eigenvalue weighted by atomic mass is 9.82. The van der Waals surface area contributed by atoms with Crippen LogP contribution in [0.2, 0.25) is 0 Å². The van der Waals surface area contributed by atoms with Gasteiger partial charge in [0.05, 0.1) is 17.3 Å². The maximum atomic E-state index is 13.7. The number of aromatic nitrogens is 4. The van der Waals surface area contributed by atoms with Crippen molar-refractivity contribution in [1.29, 1.82) is 0 Å². The van der Waals surface area contributed by atoms with Crippen molar-refractivity contribution in [3.05, 3.63) is 47.2 Å². The van der Waals surface area contributed by atoms with Gasteiger partial charge in [-0.2, -0.15) is 27.6 Å². The molecule has 0 spiro atoms. The molecule has 11 heteroatoms. The number of hydrogen-bond acceptors (Lipinski definition) is 6. The Bertz CT molecular complexity index is 1190. The van der Waals surface area contributed by atoms with Crippen molar-refractivity contribution in [2.45, 2.75) is 52.3 Å². The number of hydrogen-bond donors (Lipinski definition) is 0. The van der Waals surface area contributed by atoms with Crippen molar-refractivity contribution >= 4 is 16.5 Å². The lowest BCUT2D eigenvalue weighted by Crippen LogP contribution is -2.42. The average Bonchev–Trinajstić information content (AvgIpc) is 3.45. The topological polar surface area (TPSA) is 56.1 Å². The first-order valence-corrected chi connectivity index (χ1v) is 12.5. The Kier molecular flexibility index (Phi) is 6.23. The van der Waals surface area contributed by atoms with Crippen molar-refractivity contribution in [2.75, 3.05) is 18.0 Å². The summed E-state index contributed by atoms with van der Waals surface area (Å²) >= 11 is 1.54. The Morgan fingerprint density at radius 1 is 1.14 bits per heavy atom. The van der Waals surface area contributed by atoms with E-state index in [9.17, 15) is 17.6 Å². The molecule has 2 fully saturated rings. The SMILES string of the molecule is Cc1cc(N2C[C@H]3CC[C@@H](C2)C3Cc2nc(Oc3ccc(F)c(C(F)(F)F)c3)n(C(C)C)n2)sn1. The quantitative estimate of drug-likeness (QED) is 0.366. The molecule has 6 nitrogen and oxygen atoms in total. The highest BCUT2D eigenvalue weighted by Gasteiger charge is 2.43. The third kappa shape index (κ3) is 4.87. The maximum Gasteiger partial charge on any atom is 0.419 e. The molecule has 0 radical (unpaired) electrons. The molecule has 1 unspecified atom stereocenters. The molecule has 3 aromatic rings. The summed E-state index contributed by atoms with van der Waals surface area (Å²) in [5.41, 5.74) is -0.329. The molecule has 5 rings (SSSR count). The van der Waals surface area contributed by atoms with Crippen LogP contribution in [0.5, 0.6) is 11.8 Å². The third-order valence-corrected chi connectivity index (χ3v) is 7.90. The molecule has 1 aromatic carbocycles. The van der Waals surface area contributed by atoms with E-state index in [1.807, 2.05) is 20.8 Å². The molecular formula is C24H27F4N5OS. The zero-order valence-corrected chi connectivity index (χ0v) is 20.5. The highest BCUT2D eigenvalue weighted by molar-refractivity contribution is 7.10. The summed E-state index contributed by atoms with van der Waals surface area (Å²) in [4.78, 5) is 6.98. The molecule has 188 valence electrons. The molecule has 1 saturated heterocycles. The van der Waals surface area contributed by atoms with Crippen LogP contribution in [0, 0.1) is 30.5 Å². The van der Waals surface area contributed by atoms with Crippen LogP contribution >= 0.6 is 11.5 Å². The Hall–Kier alpha value is -2.69. The normalized spacial score (nSPS) is 22.3. The summed E-state index contributed by atoms with van der Waals surface area (Å²) in [6.07, 6.45) is -1.80. The van der Waals surface area contributed by atoms with Crippen LogP contribution in [0.4, 0.5) is 22.6 Å². The Morgan fingerprint density at radius 2 is 1.86 bits per heavy atom. The van der Waals surface area contributed by atoms with Crippen LogP contribution in [-0.2, 0) is 12.6 Å². The predicted molar refractivity (Wildman–Crippen MR) is 124 cm³/mol. The van der Waals surface area contributed by atoms with E-state index < -0.39 is 17.6 Å². The van der Waals surface area contributed by atoms with Crippen LogP contribution in [0.3, 0.4) is 0 Å². The molecule has 1 aliphatic carbocycles. The minimum absolute atomic E-state index is 0.109. The van der Waals surface area contributed by atoms with Gasteiger partial charge in [-0.25, -0.2) is 9.07 Å². The summed E-state index contributed by atoms with van der Waals surface area (Å²) in [6, 6.07) is 4.72. The van der Waals surface area contributed by atoms with Gasteiger partial charge in [-0.05, 0) is 87.2 Å². The first kappa shape index (κ1) is 24.0. The average molecular weight is 510 g/mol. The summed E-state index contributed by atoms with van der Waals surface area (Å²) in [7, 11) is 0. The fourth-order valence-corrected chi connectivity index (χ4v) is 6.07. The van der Waals surface area contributed by atoms with Gasteiger partial charge in [-0.3, -0.25) is 0 Å². The number of ether oxygens (including phenoxy) is 1. The van der Waals surface area contributed by atoms with Crippen molar-refractivity contribution < 1.29 is 22.3 Å². The molecule has 0 N–H and O–H groups in total. The summed E-state index contributed by atoms with van der Waals surface area (Å²) in [6.45, 7) is 7.76. The highest BCUT2D eigenvalue weighted by atomic mass is 32.1. The van der Waals surface area contributed by atoms with E-state index in [0.717, 1.165) is 37.7 Å². The highest BCUT2D eigenvalue weighted by Crippen LogP contribution is 2.45. The summed E-state index contributed by atoms with van der Waals surface area (Å²) in [5.74, 6) is 0.643. The molecule has 2 aromatic heterocycles. The zero-order valence-electron chi connectivity index (χ0n) is 19.7. The third-order valence-electron chi connectivity index (χ3n) is 6.96. The van der Waals surface area contributed by atoms with Crippen LogP contribution < -0.4 is 9.64 Å². The van der Waals surface area contributed by atoms with Gasteiger partial charge in [0.1, 0.15) is 16.6 Å². The first-order valence-electron chi connectivity index (χ1n) is 11.8. The molecule has 2 aliphatic rings. The van der Waals surface area contributed by atoms with Gasteiger partial charge in [-0.15, -0.1) is 0 Å². The lowest BCUT2D eigenvalue weighted by molar-refractivity contribution is -0.140. The molecule has 35 heavy (non-hydrogen) atoms. The molecule has 1 saturated carbocycles. The molecular weight excluding hydrogens is 482 g/mol. The smallest absolute Gasteiger partial charge is 0.419 e. The number of fused-ring (bicyclic) bond motifs is 2. The van der Waals surface area contributed by atoms with Crippen molar-refractivity contribution in [1.82, 2.24) is 19.1 Å². The maximum absolute atomic E-state index is 13.7.